The van der Waals surface area contributed by atoms with Gasteiger partial charge in [-0.1, -0.05) is 11.6 Å². The lowest BCUT2D eigenvalue weighted by molar-refractivity contribution is 0.894. The van der Waals surface area contributed by atoms with E-state index in [1.165, 1.54) is 4.88 Å². The second-order valence-electron chi connectivity index (χ2n) is 3.49. The molecule has 0 aliphatic heterocycles. The van der Waals surface area contributed by atoms with E-state index < -0.39 is 0 Å². The van der Waals surface area contributed by atoms with Crippen LogP contribution < -0.4 is 5.32 Å². The summed E-state index contributed by atoms with van der Waals surface area (Å²) in [4.78, 5) is 5.50. The number of nitrogens with zero attached hydrogens (tertiary/aromatic N) is 1. The SMILES string of the molecule is CC(Nc1ncc(Br)cc1Br)c1ccc(Cl)s1. The molecule has 0 aliphatic carbocycles. The summed E-state index contributed by atoms with van der Waals surface area (Å²) < 4.78 is 2.68. The molecule has 2 nitrogen and oxygen atoms in total. The summed E-state index contributed by atoms with van der Waals surface area (Å²) in [6, 6.07) is 6.07. The van der Waals surface area contributed by atoms with Gasteiger partial charge < -0.3 is 5.32 Å². The maximum Gasteiger partial charge on any atom is 0.140 e. The van der Waals surface area contributed by atoms with E-state index in [1.807, 2.05) is 18.2 Å². The quantitative estimate of drug-likeness (QED) is 0.742. The molecule has 0 aromatic carbocycles. The van der Waals surface area contributed by atoms with Crippen LogP contribution in [0.15, 0.2) is 33.3 Å². The van der Waals surface area contributed by atoms with Crippen molar-refractivity contribution in [1.82, 2.24) is 4.98 Å². The zero-order valence-corrected chi connectivity index (χ0v) is 13.6. The number of thiophene rings is 1. The molecule has 6 heteroatoms. The standard InChI is InChI=1S/C11H9Br2ClN2S/c1-6(9-2-3-10(14)17-9)16-11-8(13)4-7(12)5-15-11/h2-6H,1H3,(H,15,16). The predicted octanol–water partition coefficient (Wildman–Crippen LogP) is 5.49. The fraction of sp³-hybridized carbons (Fsp3) is 0.182. The minimum atomic E-state index is 0.178. The van der Waals surface area contributed by atoms with E-state index in [0.717, 1.165) is 19.1 Å². The van der Waals surface area contributed by atoms with Crippen molar-refractivity contribution in [3.63, 3.8) is 0 Å². The normalized spacial score (nSPS) is 12.5. The Morgan fingerprint density at radius 3 is 2.76 bits per heavy atom. The van der Waals surface area contributed by atoms with Crippen molar-refractivity contribution < 1.29 is 0 Å². The zero-order chi connectivity index (χ0) is 12.4. The first-order valence-corrected chi connectivity index (χ1v) is 7.67. The molecule has 0 amide bonds. The van der Waals surface area contributed by atoms with E-state index in [2.05, 4.69) is 49.1 Å². The Labute approximate surface area is 126 Å². The topological polar surface area (TPSA) is 24.9 Å². The summed E-state index contributed by atoms with van der Waals surface area (Å²) in [6.45, 7) is 2.08. The van der Waals surface area contributed by atoms with Crippen LogP contribution in [0.3, 0.4) is 0 Å². The van der Waals surface area contributed by atoms with Crippen LogP contribution in [0, 0.1) is 0 Å². The summed E-state index contributed by atoms with van der Waals surface area (Å²) >= 11 is 14.3. The molecule has 2 aromatic heterocycles. The van der Waals surface area contributed by atoms with Crippen molar-refractivity contribution in [1.29, 1.82) is 0 Å². The molecule has 2 aromatic rings. The molecule has 17 heavy (non-hydrogen) atoms. The number of nitrogens with one attached hydrogen (secondary N) is 1. The average molecular weight is 397 g/mol. The number of rotatable bonds is 3. The Hall–Kier alpha value is -0.100. The molecule has 1 N–H and O–H groups in total. The number of pyridine rings is 1. The lowest BCUT2D eigenvalue weighted by Crippen LogP contribution is -2.06. The van der Waals surface area contributed by atoms with Gasteiger partial charge in [-0.2, -0.15) is 0 Å². The number of halogens is 3. The highest BCUT2D eigenvalue weighted by Crippen LogP contribution is 2.31. The number of hydrogen-bond donors (Lipinski definition) is 1. The molecule has 2 rings (SSSR count). The van der Waals surface area contributed by atoms with E-state index in [1.54, 1.807) is 17.5 Å². The lowest BCUT2D eigenvalue weighted by atomic mass is 10.3. The van der Waals surface area contributed by atoms with Crippen molar-refractivity contribution >= 4 is 60.6 Å². The maximum atomic E-state index is 5.92. The highest BCUT2D eigenvalue weighted by atomic mass is 79.9. The third kappa shape index (κ3) is 3.44. The minimum Gasteiger partial charge on any atom is -0.362 e. The fourth-order valence-electron chi connectivity index (χ4n) is 1.36. The van der Waals surface area contributed by atoms with Crippen LogP contribution in [0.5, 0.6) is 0 Å². The summed E-state index contributed by atoms with van der Waals surface area (Å²) in [7, 11) is 0. The van der Waals surface area contributed by atoms with Crippen LogP contribution in [0.4, 0.5) is 5.82 Å². The monoisotopic (exact) mass is 394 g/mol. The molecule has 0 radical (unpaired) electrons. The summed E-state index contributed by atoms with van der Waals surface area (Å²) in [5.41, 5.74) is 0. The molecule has 0 bridgehead atoms. The van der Waals surface area contributed by atoms with Gasteiger partial charge in [0.15, 0.2) is 0 Å². The molecular formula is C11H9Br2ClN2S. The number of aromatic nitrogens is 1. The summed E-state index contributed by atoms with van der Waals surface area (Å²) in [5.74, 6) is 0.824. The van der Waals surface area contributed by atoms with E-state index in [0.29, 0.717) is 0 Å². The Bertz CT molecular complexity index is 530. The Kier molecular flexibility index (Phi) is 4.47. The summed E-state index contributed by atoms with van der Waals surface area (Å²) in [6.07, 6.45) is 1.77. The molecule has 2 heterocycles. The van der Waals surface area contributed by atoms with Crippen molar-refractivity contribution in [3.8, 4) is 0 Å². The van der Waals surface area contributed by atoms with Gasteiger partial charge in [-0.25, -0.2) is 4.98 Å². The molecule has 1 unspecified atom stereocenters. The Morgan fingerprint density at radius 2 is 2.18 bits per heavy atom. The second-order valence-corrected chi connectivity index (χ2v) is 7.01. The Balaban J connectivity index is 2.15. The Morgan fingerprint density at radius 1 is 1.41 bits per heavy atom. The highest BCUT2D eigenvalue weighted by molar-refractivity contribution is 9.11. The van der Waals surface area contributed by atoms with Gasteiger partial charge in [-0.05, 0) is 57.0 Å². The molecular weight excluding hydrogens is 387 g/mol. The highest BCUT2D eigenvalue weighted by Gasteiger charge is 2.10. The third-order valence-corrected chi connectivity index (χ3v) is 4.63. The fourth-order valence-corrected chi connectivity index (χ4v) is 3.52. The van der Waals surface area contributed by atoms with Crippen LogP contribution in [0.2, 0.25) is 4.34 Å². The van der Waals surface area contributed by atoms with Gasteiger partial charge in [-0.3, -0.25) is 0 Å². The maximum absolute atomic E-state index is 5.92. The third-order valence-electron chi connectivity index (χ3n) is 2.18. The molecule has 1 atom stereocenters. The predicted molar refractivity (Wildman–Crippen MR) is 81.0 cm³/mol. The van der Waals surface area contributed by atoms with E-state index >= 15 is 0 Å². The average Bonchev–Trinajstić information content (AvgIpc) is 2.69. The van der Waals surface area contributed by atoms with Crippen molar-refractivity contribution in [2.45, 2.75) is 13.0 Å². The van der Waals surface area contributed by atoms with Crippen molar-refractivity contribution in [2.24, 2.45) is 0 Å². The molecule has 0 aliphatic rings. The molecule has 0 saturated heterocycles. The largest absolute Gasteiger partial charge is 0.362 e. The molecule has 0 saturated carbocycles. The lowest BCUT2D eigenvalue weighted by Gasteiger charge is -2.14. The number of anilines is 1. The van der Waals surface area contributed by atoms with Crippen LogP contribution in [0.1, 0.15) is 17.8 Å². The first kappa shape index (κ1) is 13.3. The van der Waals surface area contributed by atoms with E-state index in [-0.39, 0.29) is 6.04 Å². The van der Waals surface area contributed by atoms with Crippen LogP contribution >= 0.6 is 54.8 Å². The van der Waals surface area contributed by atoms with Gasteiger partial charge in [0, 0.05) is 15.5 Å². The molecule has 0 fully saturated rings. The van der Waals surface area contributed by atoms with E-state index in [9.17, 15) is 0 Å². The van der Waals surface area contributed by atoms with Crippen LogP contribution in [-0.4, -0.2) is 4.98 Å². The zero-order valence-electron chi connectivity index (χ0n) is 8.88. The van der Waals surface area contributed by atoms with E-state index in [4.69, 9.17) is 11.6 Å². The number of hydrogen-bond acceptors (Lipinski definition) is 3. The van der Waals surface area contributed by atoms with Gasteiger partial charge in [-0.15, -0.1) is 11.3 Å². The van der Waals surface area contributed by atoms with Gasteiger partial charge in [0.25, 0.3) is 0 Å². The molecule has 0 spiro atoms. The van der Waals surface area contributed by atoms with Gasteiger partial charge >= 0.3 is 0 Å². The smallest absolute Gasteiger partial charge is 0.140 e. The van der Waals surface area contributed by atoms with Crippen molar-refractivity contribution in [2.75, 3.05) is 5.32 Å². The first-order chi connectivity index (χ1) is 8.06. The van der Waals surface area contributed by atoms with Gasteiger partial charge in [0.2, 0.25) is 0 Å². The van der Waals surface area contributed by atoms with Crippen LogP contribution in [0.25, 0.3) is 0 Å². The minimum absolute atomic E-state index is 0.178. The van der Waals surface area contributed by atoms with Crippen molar-refractivity contribution in [3.05, 3.63) is 42.6 Å². The molecule has 90 valence electrons. The summed E-state index contributed by atoms with van der Waals surface area (Å²) in [5, 5.41) is 3.34. The van der Waals surface area contributed by atoms with Gasteiger partial charge in [0.1, 0.15) is 5.82 Å². The van der Waals surface area contributed by atoms with Gasteiger partial charge in [0.05, 0.1) is 14.9 Å². The first-order valence-electron chi connectivity index (χ1n) is 4.89. The second kappa shape index (κ2) is 5.69. The van der Waals surface area contributed by atoms with Crippen LogP contribution in [-0.2, 0) is 0 Å².